The van der Waals surface area contributed by atoms with Gasteiger partial charge in [-0.25, -0.2) is 13.2 Å². The predicted molar refractivity (Wildman–Crippen MR) is 107 cm³/mol. The molecular weight excluding hydrogens is 429 g/mol. The van der Waals surface area contributed by atoms with E-state index in [2.05, 4.69) is 5.32 Å². The summed E-state index contributed by atoms with van der Waals surface area (Å²) in [7, 11) is 0. The van der Waals surface area contributed by atoms with Gasteiger partial charge >= 0.3 is 0 Å². The fourth-order valence-corrected chi connectivity index (χ4v) is 3.75. The van der Waals surface area contributed by atoms with Crippen LogP contribution in [-0.4, -0.2) is 45.2 Å². The molecule has 2 bridgehead atoms. The van der Waals surface area contributed by atoms with Crippen molar-refractivity contribution in [1.82, 2.24) is 14.9 Å². The Hall–Kier alpha value is -3.76. The van der Waals surface area contributed by atoms with Gasteiger partial charge in [-0.2, -0.15) is 0 Å². The average Bonchev–Trinajstić information content (AvgIpc) is 2.85. The van der Waals surface area contributed by atoms with Crippen molar-refractivity contribution in [3.05, 3.63) is 75.0 Å². The third kappa shape index (κ3) is 3.39. The van der Waals surface area contributed by atoms with Gasteiger partial charge in [-0.05, 0) is 13.8 Å². The molecule has 2 unspecified atom stereocenters. The number of nitrogens with zero attached hydrogens (tertiary/aromatic N) is 3. The van der Waals surface area contributed by atoms with E-state index in [1.165, 1.54) is 9.58 Å². The second-order valence-electron chi connectivity index (χ2n) is 7.67. The van der Waals surface area contributed by atoms with Crippen LogP contribution in [0.4, 0.5) is 13.2 Å². The molecule has 0 radical (unpaired) electrons. The van der Waals surface area contributed by atoms with Crippen molar-refractivity contribution in [3.8, 4) is 5.75 Å². The van der Waals surface area contributed by atoms with E-state index in [-0.39, 0.29) is 24.4 Å². The van der Waals surface area contributed by atoms with Crippen LogP contribution in [0.1, 0.15) is 40.3 Å². The molecule has 0 aliphatic carbocycles. The third-order valence-corrected chi connectivity index (χ3v) is 5.61. The zero-order chi connectivity index (χ0) is 23.3. The molecular formula is C21H19F3N4O4. The molecule has 0 saturated heterocycles. The van der Waals surface area contributed by atoms with E-state index < -0.39 is 58.1 Å². The third-order valence-electron chi connectivity index (χ3n) is 5.61. The van der Waals surface area contributed by atoms with Crippen molar-refractivity contribution < 1.29 is 27.9 Å². The summed E-state index contributed by atoms with van der Waals surface area (Å²) in [6, 6.07) is 0.421. The molecule has 2 N–H and O–H groups in total. The maximum atomic E-state index is 13.8. The number of halogens is 3. The second kappa shape index (κ2) is 7.74. The van der Waals surface area contributed by atoms with Gasteiger partial charge in [-0.1, -0.05) is 12.2 Å². The highest BCUT2D eigenvalue weighted by molar-refractivity contribution is 5.99. The Balaban J connectivity index is 1.71. The van der Waals surface area contributed by atoms with Crippen molar-refractivity contribution in [2.75, 3.05) is 11.7 Å². The maximum absolute atomic E-state index is 13.8. The molecule has 3 heterocycles. The lowest BCUT2D eigenvalue weighted by atomic mass is 10.1. The summed E-state index contributed by atoms with van der Waals surface area (Å²) in [6.07, 6.45) is 4.78. The molecule has 2 amide bonds. The van der Waals surface area contributed by atoms with Gasteiger partial charge in [0.1, 0.15) is 29.7 Å². The highest BCUT2D eigenvalue weighted by Crippen LogP contribution is 2.26. The van der Waals surface area contributed by atoms with Crippen LogP contribution in [0.2, 0.25) is 0 Å². The smallest absolute Gasteiger partial charge is 0.278 e. The number of carbonyl (C=O) groups excluding carboxylic acids is 2. The van der Waals surface area contributed by atoms with Crippen molar-refractivity contribution >= 4 is 11.8 Å². The molecule has 0 saturated carbocycles. The van der Waals surface area contributed by atoms with Crippen molar-refractivity contribution in [2.24, 2.45) is 0 Å². The van der Waals surface area contributed by atoms with Gasteiger partial charge in [-0.3, -0.25) is 24.1 Å². The molecule has 4 rings (SSSR count). The molecule has 2 aliphatic heterocycles. The van der Waals surface area contributed by atoms with E-state index in [1.54, 1.807) is 11.9 Å². The highest BCUT2D eigenvalue weighted by atomic mass is 19.1. The number of benzene rings is 1. The lowest BCUT2D eigenvalue weighted by Gasteiger charge is -2.41. The molecule has 0 fully saturated rings. The molecule has 2 aromatic rings. The standard InChI is InChI=1S/C21H19F3N4O4/c1-10-3-4-11(2)28-9-26(10)21(32)17-19(30)18(29)14(8-27(17)28)20(31)25-7-13-15(23)5-12(22)6-16(13)24/h3-6,8,10-11,30H,7,9H2,1-2H3,(H,25,31). The van der Waals surface area contributed by atoms with Crippen molar-refractivity contribution in [3.63, 3.8) is 0 Å². The number of carbonyl (C=O) groups is 2. The van der Waals surface area contributed by atoms with Crippen molar-refractivity contribution in [2.45, 2.75) is 32.5 Å². The number of nitrogens with one attached hydrogen (secondary N) is 1. The van der Waals surface area contributed by atoms with Gasteiger partial charge < -0.3 is 15.3 Å². The van der Waals surface area contributed by atoms with Crippen molar-refractivity contribution in [1.29, 1.82) is 0 Å². The number of pyridine rings is 1. The minimum Gasteiger partial charge on any atom is -0.502 e. The molecule has 2 aliphatic rings. The minimum absolute atomic E-state index is 0.149. The van der Waals surface area contributed by atoms with Gasteiger partial charge in [0.2, 0.25) is 5.43 Å². The lowest BCUT2D eigenvalue weighted by molar-refractivity contribution is 0.0652. The predicted octanol–water partition coefficient (Wildman–Crippen LogP) is 1.60. The molecule has 2 atom stereocenters. The molecule has 0 spiro atoms. The summed E-state index contributed by atoms with van der Waals surface area (Å²) in [6.45, 7) is 3.12. The SMILES string of the molecule is CC1C=CC(C)N2CN1C(=O)c1c(O)c(=O)c(C(=O)NCc3c(F)cc(F)cc3F)cn12. The van der Waals surface area contributed by atoms with E-state index in [1.807, 2.05) is 19.1 Å². The number of aromatic nitrogens is 1. The number of aromatic hydroxyl groups is 1. The molecule has 1 aromatic heterocycles. The summed E-state index contributed by atoms with van der Waals surface area (Å²) >= 11 is 0. The Bertz CT molecular complexity index is 1200. The summed E-state index contributed by atoms with van der Waals surface area (Å²) < 4.78 is 42.0. The molecule has 11 heteroatoms. The van der Waals surface area contributed by atoms with Gasteiger partial charge in [0.15, 0.2) is 11.4 Å². The largest absolute Gasteiger partial charge is 0.502 e. The number of amides is 2. The van der Waals surface area contributed by atoms with Crippen LogP contribution in [0.5, 0.6) is 5.75 Å². The molecule has 1 aromatic carbocycles. The van der Waals surface area contributed by atoms with Crippen LogP contribution in [0.3, 0.4) is 0 Å². The number of rotatable bonds is 3. The summed E-state index contributed by atoms with van der Waals surface area (Å²) in [5.41, 5.74) is -2.50. The second-order valence-corrected chi connectivity index (χ2v) is 7.67. The zero-order valence-corrected chi connectivity index (χ0v) is 17.1. The summed E-state index contributed by atoms with van der Waals surface area (Å²) in [5, 5.41) is 14.4. The normalized spacial score (nSPS) is 19.6. The van der Waals surface area contributed by atoms with Crippen LogP contribution in [0, 0.1) is 17.5 Å². The fraction of sp³-hybridized carbons (Fsp3) is 0.286. The Kier molecular flexibility index (Phi) is 5.19. The van der Waals surface area contributed by atoms with E-state index in [0.717, 1.165) is 6.20 Å². The summed E-state index contributed by atoms with van der Waals surface area (Å²) in [5.74, 6) is -6.01. The first kappa shape index (κ1) is 21.5. The van der Waals surface area contributed by atoms with Gasteiger partial charge in [0, 0.05) is 36.5 Å². The van der Waals surface area contributed by atoms with Gasteiger partial charge in [-0.15, -0.1) is 0 Å². The Morgan fingerprint density at radius 2 is 1.75 bits per heavy atom. The van der Waals surface area contributed by atoms with E-state index in [9.17, 15) is 32.7 Å². The van der Waals surface area contributed by atoms with E-state index in [4.69, 9.17) is 0 Å². The Morgan fingerprint density at radius 3 is 2.41 bits per heavy atom. The fourth-order valence-electron chi connectivity index (χ4n) is 3.75. The number of fused-ring (bicyclic) bond motifs is 4. The molecule has 8 nitrogen and oxygen atoms in total. The topological polar surface area (TPSA) is 94.9 Å². The lowest BCUT2D eigenvalue weighted by Crippen LogP contribution is -2.57. The van der Waals surface area contributed by atoms with E-state index in [0.29, 0.717) is 12.1 Å². The first-order chi connectivity index (χ1) is 15.1. The minimum atomic E-state index is -1.20. The average molecular weight is 448 g/mol. The first-order valence-corrected chi connectivity index (χ1v) is 9.76. The van der Waals surface area contributed by atoms with Gasteiger partial charge in [0.05, 0.1) is 6.04 Å². The zero-order valence-electron chi connectivity index (χ0n) is 17.1. The Labute approximate surface area is 180 Å². The van der Waals surface area contributed by atoms with E-state index >= 15 is 0 Å². The Morgan fingerprint density at radius 1 is 1.12 bits per heavy atom. The monoisotopic (exact) mass is 448 g/mol. The first-order valence-electron chi connectivity index (χ1n) is 9.76. The van der Waals surface area contributed by atoms with Crippen LogP contribution in [-0.2, 0) is 6.54 Å². The van der Waals surface area contributed by atoms with Crippen LogP contribution >= 0.6 is 0 Å². The molecule has 32 heavy (non-hydrogen) atoms. The highest BCUT2D eigenvalue weighted by Gasteiger charge is 2.38. The van der Waals surface area contributed by atoms with Crippen LogP contribution < -0.4 is 15.8 Å². The van der Waals surface area contributed by atoms with Crippen LogP contribution in [0.25, 0.3) is 0 Å². The summed E-state index contributed by atoms with van der Waals surface area (Å²) in [4.78, 5) is 39.7. The van der Waals surface area contributed by atoms with Gasteiger partial charge in [0.25, 0.3) is 11.8 Å². The number of hydrogen-bond donors (Lipinski definition) is 2. The van der Waals surface area contributed by atoms with Crippen LogP contribution in [0.15, 0.2) is 35.3 Å². The molecule has 168 valence electrons. The maximum Gasteiger partial charge on any atom is 0.278 e. The number of hydrogen-bond acceptors (Lipinski definition) is 5. The quantitative estimate of drug-likeness (QED) is 0.696.